The third kappa shape index (κ3) is 3.19. The molecule has 0 radical (unpaired) electrons. The molecule has 7 nitrogen and oxygen atoms in total. The van der Waals surface area contributed by atoms with Crippen molar-refractivity contribution in [1.82, 2.24) is 24.6 Å². The number of rotatable bonds is 2. The van der Waals surface area contributed by atoms with Gasteiger partial charge in [0.15, 0.2) is 5.13 Å². The van der Waals surface area contributed by atoms with Gasteiger partial charge in [0.05, 0.1) is 10.2 Å². The number of benzene rings is 1. The van der Waals surface area contributed by atoms with E-state index < -0.39 is 0 Å². The van der Waals surface area contributed by atoms with E-state index in [2.05, 4.69) is 21.0 Å². The van der Waals surface area contributed by atoms with Crippen molar-refractivity contribution >= 4 is 44.2 Å². The molecule has 1 aliphatic heterocycles. The number of hydrogen-bond acceptors (Lipinski definition) is 6. The molecule has 1 aromatic carbocycles. The number of para-hydroxylation sites is 1. The van der Waals surface area contributed by atoms with E-state index in [0.29, 0.717) is 13.1 Å². The molecule has 4 rings (SSSR count). The zero-order chi connectivity index (χ0) is 17.4. The van der Waals surface area contributed by atoms with Crippen molar-refractivity contribution in [2.75, 3.05) is 31.1 Å². The van der Waals surface area contributed by atoms with E-state index in [1.54, 1.807) is 23.3 Å². The van der Waals surface area contributed by atoms with Crippen LogP contribution in [0, 0.1) is 0 Å². The summed E-state index contributed by atoms with van der Waals surface area (Å²) in [6, 6.07) is 8.14. The molecule has 0 spiro atoms. The first-order valence-corrected chi connectivity index (χ1v) is 9.27. The Morgan fingerprint density at radius 1 is 1.16 bits per heavy atom. The van der Waals surface area contributed by atoms with E-state index in [9.17, 15) is 4.79 Å². The van der Waals surface area contributed by atoms with Gasteiger partial charge in [-0.25, -0.2) is 9.67 Å². The van der Waals surface area contributed by atoms with Crippen LogP contribution >= 0.6 is 22.9 Å². The lowest BCUT2D eigenvalue weighted by atomic mass is 10.3. The van der Waals surface area contributed by atoms with Crippen LogP contribution in [0.25, 0.3) is 10.2 Å². The van der Waals surface area contributed by atoms with Crippen LogP contribution < -0.4 is 4.90 Å². The summed E-state index contributed by atoms with van der Waals surface area (Å²) in [5, 5.41) is 5.31. The van der Waals surface area contributed by atoms with Crippen molar-refractivity contribution in [3.05, 3.63) is 35.4 Å². The first-order chi connectivity index (χ1) is 12.1. The minimum Gasteiger partial charge on any atom is -0.346 e. The minimum atomic E-state index is -0.173. The van der Waals surface area contributed by atoms with Gasteiger partial charge in [0.1, 0.15) is 0 Å². The Balaban J connectivity index is 1.49. The molecule has 0 unspecified atom stereocenters. The highest BCUT2D eigenvalue weighted by molar-refractivity contribution is 7.22. The highest BCUT2D eigenvalue weighted by Gasteiger charge is 2.25. The Morgan fingerprint density at radius 2 is 2.00 bits per heavy atom. The van der Waals surface area contributed by atoms with Gasteiger partial charge in [-0.3, -0.25) is 4.79 Å². The summed E-state index contributed by atoms with van der Waals surface area (Å²) in [7, 11) is 1.67. The maximum atomic E-state index is 12.6. The molecule has 0 N–H and O–H groups in total. The summed E-state index contributed by atoms with van der Waals surface area (Å²) in [5.41, 5.74) is 1.02. The lowest BCUT2D eigenvalue weighted by Gasteiger charge is -2.20. The molecular weight excluding hydrogens is 360 g/mol. The summed E-state index contributed by atoms with van der Waals surface area (Å²) < 4.78 is 2.59. The number of aryl methyl sites for hydroxylation is 1. The smallest absolute Gasteiger partial charge is 0.293 e. The molecule has 0 aliphatic carbocycles. The minimum absolute atomic E-state index is 0.154. The van der Waals surface area contributed by atoms with Gasteiger partial charge in [0, 0.05) is 33.2 Å². The number of carbonyl (C=O) groups is 1. The molecule has 1 aliphatic rings. The zero-order valence-electron chi connectivity index (χ0n) is 13.7. The highest BCUT2D eigenvalue weighted by Crippen LogP contribution is 2.29. The van der Waals surface area contributed by atoms with E-state index >= 15 is 0 Å². The molecule has 130 valence electrons. The molecule has 3 aromatic rings. The molecule has 2 aromatic heterocycles. The molecule has 25 heavy (non-hydrogen) atoms. The van der Waals surface area contributed by atoms with Crippen LogP contribution in [-0.4, -0.2) is 56.7 Å². The summed E-state index contributed by atoms with van der Waals surface area (Å²) in [6.45, 7) is 2.91. The first-order valence-electron chi connectivity index (χ1n) is 8.08. The molecule has 0 atom stereocenters. The van der Waals surface area contributed by atoms with Crippen LogP contribution in [0.5, 0.6) is 0 Å². The number of fused-ring (bicyclic) bond motifs is 1. The van der Waals surface area contributed by atoms with Crippen molar-refractivity contribution in [2.45, 2.75) is 6.42 Å². The third-order valence-electron chi connectivity index (χ3n) is 4.24. The number of nitrogens with zero attached hydrogens (tertiary/aromatic N) is 6. The zero-order valence-corrected chi connectivity index (χ0v) is 15.3. The van der Waals surface area contributed by atoms with E-state index in [1.807, 2.05) is 18.2 Å². The summed E-state index contributed by atoms with van der Waals surface area (Å²) in [5.74, 6) is -0.0189. The van der Waals surface area contributed by atoms with Crippen LogP contribution in [0.3, 0.4) is 0 Å². The summed E-state index contributed by atoms with van der Waals surface area (Å²) >= 11 is 7.58. The molecule has 1 amide bonds. The normalized spacial score (nSPS) is 15.6. The van der Waals surface area contributed by atoms with Gasteiger partial charge in [-0.1, -0.05) is 23.5 Å². The Bertz CT molecular complexity index is 870. The van der Waals surface area contributed by atoms with E-state index in [0.717, 1.165) is 30.2 Å². The number of aromatic nitrogens is 4. The first kappa shape index (κ1) is 16.3. The van der Waals surface area contributed by atoms with Crippen LogP contribution in [0.15, 0.2) is 24.3 Å². The fourth-order valence-electron chi connectivity index (χ4n) is 2.90. The summed E-state index contributed by atoms with van der Waals surface area (Å²) in [4.78, 5) is 25.4. The SMILES string of the molecule is Cn1nc(C(=O)N2CCCN(c3nc4ccccc4s3)CC2)nc1Cl. The largest absolute Gasteiger partial charge is 0.346 e. The van der Waals surface area contributed by atoms with Gasteiger partial charge in [-0.15, -0.1) is 5.10 Å². The van der Waals surface area contributed by atoms with Gasteiger partial charge in [0.2, 0.25) is 11.1 Å². The van der Waals surface area contributed by atoms with E-state index in [-0.39, 0.29) is 17.0 Å². The van der Waals surface area contributed by atoms with Gasteiger partial charge in [0.25, 0.3) is 5.91 Å². The number of thiazole rings is 1. The van der Waals surface area contributed by atoms with Crippen molar-refractivity contribution in [3.63, 3.8) is 0 Å². The number of carbonyl (C=O) groups excluding carboxylic acids is 1. The average molecular weight is 377 g/mol. The van der Waals surface area contributed by atoms with Crippen LogP contribution in [-0.2, 0) is 7.05 Å². The number of amides is 1. The second-order valence-electron chi connectivity index (χ2n) is 5.93. The van der Waals surface area contributed by atoms with Crippen LogP contribution in [0.4, 0.5) is 5.13 Å². The topological polar surface area (TPSA) is 67.2 Å². The van der Waals surface area contributed by atoms with Crippen LogP contribution in [0.1, 0.15) is 17.0 Å². The average Bonchev–Trinajstić information content (AvgIpc) is 3.09. The molecule has 0 saturated carbocycles. The van der Waals surface area contributed by atoms with E-state index in [4.69, 9.17) is 16.6 Å². The van der Waals surface area contributed by atoms with Crippen LogP contribution in [0.2, 0.25) is 5.28 Å². The Labute approximate surface area is 153 Å². The molecule has 0 bridgehead atoms. The predicted octanol–water partition coefficient (Wildman–Crippen LogP) is 2.43. The fraction of sp³-hybridized carbons (Fsp3) is 0.375. The van der Waals surface area contributed by atoms with Crippen molar-refractivity contribution in [2.24, 2.45) is 7.05 Å². The highest BCUT2D eigenvalue weighted by atomic mass is 35.5. The quantitative estimate of drug-likeness (QED) is 0.687. The lowest BCUT2D eigenvalue weighted by Crippen LogP contribution is -2.35. The monoisotopic (exact) mass is 376 g/mol. The van der Waals surface area contributed by atoms with E-state index in [1.165, 1.54) is 9.38 Å². The Hall–Kier alpha value is -2.19. The predicted molar refractivity (Wildman–Crippen MR) is 98.4 cm³/mol. The van der Waals surface area contributed by atoms with Crippen molar-refractivity contribution in [3.8, 4) is 0 Å². The third-order valence-corrected chi connectivity index (χ3v) is 5.66. The molecule has 1 fully saturated rings. The summed E-state index contributed by atoms with van der Waals surface area (Å²) in [6.07, 6.45) is 0.877. The number of hydrogen-bond donors (Lipinski definition) is 0. The van der Waals surface area contributed by atoms with Gasteiger partial charge >= 0.3 is 0 Å². The Kier molecular flexibility index (Phi) is 4.30. The van der Waals surface area contributed by atoms with Gasteiger partial charge in [-0.05, 0) is 30.2 Å². The molecule has 1 saturated heterocycles. The van der Waals surface area contributed by atoms with Crippen molar-refractivity contribution in [1.29, 1.82) is 0 Å². The molecular formula is C16H17ClN6OS. The Morgan fingerprint density at radius 3 is 2.76 bits per heavy atom. The van der Waals surface area contributed by atoms with Gasteiger partial charge < -0.3 is 9.80 Å². The van der Waals surface area contributed by atoms with Crippen molar-refractivity contribution < 1.29 is 4.79 Å². The fourth-order valence-corrected chi connectivity index (χ4v) is 4.04. The second-order valence-corrected chi connectivity index (χ2v) is 7.27. The number of anilines is 1. The maximum absolute atomic E-state index is 12.6. The maximum Gasteiger partial charge on any atom is 0.293 e. The second kappa shape index (κ2) is 6.61. The molecule has 9 heteroatoms. The molecule has 3 heterocycles. The number of halogens is 1. The lowest BCUT2D eigenvalue weighted by molar-refractivity contribution is 0.0754. The van der Waals surface area contributed by atoms with Gasteiger partial charge in [-0.2, -0.15) is 4.98 Å². The standard InChI is InChI=1S/C16H17ClN6OS/c1-21-15(17)19-13(20-21)14(24)22-7-4-8-23(10-9-22)16-18-11-5-2-3-6-12(11)25-16/h2-3,5-6H,4,7-10H2,1H3.